The van der Waals surface area contributed by atoms with Crippen molar-refractivity contribution in [2.45, 2.75) is 13.0 Å². The van der Waals surface area contributed by atoms with Crippen molar-refractivity contribution < 1.29 is 0 Å². The lowest BCUT2D eigenvalue weighted by Crippen LogP contribution is -2.06. The summed E-state index contributed by atoms with van der Waals surface area (Å²) >= 11 is 7.66. The molecule has 2 aliphatic rings. The molecule has 0 saturated carbocycles. The highest BCUT2D eigenvalue weighted by Crippen LogP contribution is 2.29. The van der Waals surface area contributed by atoms with Gasteiger partial charge in [0, 0.05) is 10.6 Å². The average molecular weight is 250 g/mol. The summed E-state index contributed by atoms with van der Waals surface area (Å²) in [5.41, 5.74) is 2.12. The standard InChI is InChI=1S/C11H8ClN3S/c1-6-2-3-7(4-8(6)12)10-14-9-5-13-15-11(9)16-10/h2-5,9H,1H3. The molecule has 0 aromatic heterocycles. The first-order chi connectivity index (χ1) is 7.74. The predicted octanol–water partition coefficient (Wildman–Crippen LogP) is 2.91. The lowest BCUT2D eigenvalue weighted by atomic mass is 10.1. The summed E-state index contributed by atoms with van der Waals surface area (Å²) in [6.45, 7) is 1.99. The molecule has 3 rings (SSSR count). The van der Waals surface area contributed by atoms with Crippen LogP contribution in [0.1, 0.15) is 11.1 Å². The first-order valence-electron chi connectivity index (χ1n) is 4.87. The van der Waals surface area contributed by atoms with E-state index in [1.807, 2.05) is 25.1 Å². The van der Waals surface area contributed by atoms with Crippen LogP contribution in [0.25, 0.3) is 0 Å². The Hall–Kier alpha value is -1.13. The average Bonchev–Trinajstić information content (AvgIpc) is 2.81. The summed E-state index contributed by atoms with van der Waals surface area (Å²) in [6.07, 6.45) is 1.76. The number of fused-ring (bicyclic) bond motifs is 1. The van der Waals surface area contributed by atoms with Crippen molar-refractivity contribution in [3.05, 3.63) is 34.3 Å². The lowest BCUT2D eigenvalue weighted by molar-refractivity contribution is 1.22. The van der Waals surface area contributed by atoms with Crippen molar-refractivity contribution in [3.8, 4) is 0 Å². The smallest absolute Gasteiger partial charge is 0.138 e. The number of hydrogen-bond donors (Lipinski definition) is 0. The Labute approximate surface area is 102 Å². The molecule has 0 saturated heterocycles. The number of aliphatic imine (C=N–C) groups is 1. The number of rotatable bonds is 1. The number of nitrogens with zero attached hydrogens (tertiary/aromatic N) is 3. The molecule has 0 bridgehead atoms. The minimum absolute atomic E-state index is 0.0279. The number of aryl methyl sites for hydroxylation is 1. The molecule has 0 aliphatic carbocycles. The zero-order valence-electron chi connectivity index (χ0n) is 8.51. The molecule has 1 atom stereocenters. The third kappa shape index (κ3) is 1.58. The van der Waals surface area contributed by atoms with E-state index in [9.17, 15) is 0 Å². The Kier molecular flexibility index (Phi) is 2.33. The molecule has 0 spiro atoms. The van der Waals surface area contributed by atoms with Crippen molar-refractivity contribution in [3.63, 3.8) is 0 Å². The van der Waals surface area contributed by atoms with E-state index in [-0.39, 0.29) is 6.04 Å². The zero-order chi connectivity index (χ0) is 11.1. The second-order valence-electron chi connectivity index (χ2n) is 3.65. The second-order valence-corrected chi connectivity index (χ2v) is 5.06. The molecule has 80 valence electrons. The van der Waals surface area contributed by atoms with Gasteiger partial charge in [0.1, 0.15) is 16.1 Å². The zero-order valence-corrected chi connectivity index (χ0v) is 10.1. The minimum atomic E-state index is 0.0279. The summed E-state index contributed by atoms with van der Waals surface area (Å²) in [4.78, 5) is 4.53. The SMILES string of the molecule is Cc1ccc(C2=NC3C=NN=C3S2)cc1Cl. The monoisotopic (exact) mass is 249 g/mol. The molecule has 16 heavy (non-hydrogen) atoms. The highest BCUT2D eigenvalue weighted by molar-refractivity contribution is 8.27. The van der Waals surface area contributed by atoms with Crippen LogP contribution in [0.3, 0.4) is 0 Å². The van der Waals surface area contributed by atoms with Gasteiger partial charge >= 0.3 is 0 Å². The van der Waals surface area contributed by atoms with Gasteiger partial charge in [-0.15, -0.1) is 5.10 Å². The van der Waals surface area contributed by atoms with Crippen molar-refractivity contribution in [1.82, 2.24) is 0 Å². The fourth-order valence-electron chi connectivity index (χ4n) is 1.56. The Balaban J connectivity index is 1.97. The second kappa shape index (κ2) is 3.71. The van der Waals surface area contributed by atoms with Gasteiger partial charge in [0.25, 0.3) is 0 Å². The first-order valence-corrected chi connectivity index (χ1v) is 6.07. The van der Waals surface area contributed by atoms with Gasteiger partial charge in [0.15, 0.2) is 0 Å². The molecule has 0 amide bonds. The van der Waals surface area contributed by atoms with Crippen LogP contribution < -0.4 is 0 Å². The van der Waals surface area contributed by atoms with E-state index in [0.717, 1.165) is 26.2 Å². The topological polar surface area (TPSA) is 37.1 Å². The van der Waals surface area contributed by atoms with E-state index in [1.54, 1.807) is 18.0 Å². The van der Waals surface area contributed by atoms with Crippen LogP contribution in [-0.4, -0.2) is 22.3 Å². The van der Waals surface area contributed by atoms with E-state index in [4.69, 9.17) is 11.6 Å². The Bertz CT molecular complexity index is 548. The molecule has 1 aromatic carbocycles. The molecule has 0 radical (unpaired) electrons. The molecule has 5 heteroatoms. The van der Waals surface area contributed by atoms with Gasteiger partial charge in [0.2, 0.25) is 0 Å². The summed E-state index contributed by atoms with van der Waals surface area (Å²) in [6, 6.07) is 6.01. The normalized spacial score (nSPS) is 22.0. The largest absolute Gasteiger partial charge is 0.261 e. The highest BCUT2D eigenvalue weighted by Gasteiger charge is 2.28. The van der Waals surface area contributed by atoms with E-state index in [1.165, 1.54) is 0 Å². The maximum Gasteiger partial charge on any atom is 0.138 e. The molecule has 1 aromatic rings. The minimum Gasteiger partial charge on any atom is -0.261 e. The van der Waals surface area contributed by atoms with Gasteiger partial charge in [-0.25, -0.2) is 0 Å². The summed E-state index contributed by atoms with van der Waals surface area (Å²) in [7, 11) is 0. The van der Waals surface area contributed by atoms with Gasteiger partial charge < -0.3 is 0 Å². The highest BCUT2D eigenvalue weighted by atomic mass is 35.5. The van der Waals surface area contributed by atoms with Gasteiger partial charge in [0.05, 0.1) is 6.21 Å². The van der Waals surface area contributed by atoms with Crippen molar-refractivity contribution >= 4 is 39.7 Å². The van der Waals surface area contributed by atoms with Gasteiger partial charge in [-0.1, -0.05) is 23.7 Å². The van der Waals surface area contributed by atoms with Gasteiger partial charge in [-0.2, -0.15) is 5.10 Å². The van der Waals surface area contributed by atoms with Crippen LogP contribution in [0.4, 0.5) is 0 Å². The molecular formula is C11H8ClN3S. The molecule has 3 nitrogen and oxygen atoms in total. The quantitative estimate of drug-likeness (QED) is 0.754. The van der Waals surface area contributed by atoms with Crippen molar-refractivity contribution in [2.24, 2.45) is 15.2 Å². The molecule has 2 aliphatic heterocycles. The Morgan fingerprint density at radius 1 is 1.38 bits per heavy atom. The number of benzene rings is 1. The van der Waals surface area contributed by atoms with Crippen LogP contribution in [0.15, 0.2) is 33.4 Å². The summed E-state index contributed by atoms with van der Waals surface area (Å²) in [5.74, 6) is 0. The number of thioether (sulfide) groups is 1. The molecule has 1 unspecified atom stereocenters. The van der Waals surface area contributed by atoms with E-state index >= 15 is 0 Å². The maximum atomic E-state index is 6.09. The number of hydrogen-bond acceptors (Lipinski definition) is 4. The van der Waals surface area contributed by atoms with Gasteiger partial charge in [-0.05, 0) is 30.3 Å². The summed E-state index contributed by atoms with van der Waals surface area (Å²) in [5, 5.41) is 10.5. The fraction of sp³-hybridized carbons (Fsp3) is 0.182. The van der Waals surface area contributed by atoms with Crippen LogP contribution >= 0.6 is 23.4 Å². The summed E-state index contributed by atoms with van der Waals surface area (Å²) < 4.78 is 0. The molecule has 0 N–H and O–H groups in total. The van der Waals surface area contributed by atoms with Gasteiger partial charge in [-0.3, -0.25) is 4.99 Å². The first kappa shape index (κ1) is 10.1. The third-order valence-corrected chi connectivity index (χ3v) is 3.97. The maximum absolute atomic E-state index is 6.09. The predicted molar refractivity (Wildman–Crippen MR) is 70.0 cm³/mol. The van der Waals surface area contributed by atoms with E-state index in [0.29, 0.717) is 0 Å². The van der Waals surface area contributed by atoms with E-state index < -0.39 is 0 Å². The van der Waals surface area contributed by atoms with Crippen molar-refractivity contribution in [2.75, 3.05) is 0 Å². The molecule has 0 fully saturated rings. The third-order valence-electron chi connectivity index (χ3n) is 2.49. The molecular weight excluding hydrogens is 242 g/mol. The van der Waals surface area contributed by atoms with Crippen LogP contribution in [0.2, 0.25) is 5.02 Å². The Morgan fingerprint density at radius 3 is 3.00 bits per heavy atom. The van der Waals surface area contributed by atoms with Crippen LogP contribution in [-0.2, 0) is 0 Å². The fourth-order valence-corrected chi connectivity index (χ4v) is 2.67. The Morgan fingerprint density at radius 2 is 2.25 bits per heavy atom. The van der Waals surface area contributed by atoms with Crippen LogP contribution in [0, 0.1) is 6.92 Å². The van der Waals surface area contributed by atoms with E-state index in [2.05, 4.69) is 15.2 Å². The molecule has 2 heterocycles. The number of halogens is 1. The van der Waals surface area contributed by atoms with Crippen LogP contribution in [0.5, 0.6) is 0 Å². The lowest BCUT2D eigenvalue weighted by Gasteiger charge is -2.02. The van der Waals surface area contributed by atoms with Crippen molar-refractivity contribution in [1.29, 1.82) is 0 Å².